The minimum Gasteiger partial charge on any atom is -0.476 e. The maximum Gasteiger partial charge on any atom is 0.232 e. The molecule has 2 rings (SSSR count). The summed E-state index contributed by atoms with van der Waals surface area (Å²) in [6.45, 7) is 7.61. The summed E-state index contributed by atoms with van der Waals surface area (Å²) in [7, 11) is 0. The normalized spacial score (nSPS) is 11.4. The van der Waals surface area contributed by atoms with Crippen LogP contribution in [0.4, 0.5) is 0 Å². The first-order chi connectivity index (χ1) is 10.0. The van der Waals surface area contributed by atoms with Gasteiger partial charge in [0.05, 0.1) is 24.7 Å². The van der Waals surface area contributed by atoms with Gasteiger partial charge in [-0.25, -0.2) is 4.98 Å². The first-order valence-electron chi connectivity index (χ1n) is 7.11. The molecule has 0 aliphatic heterocycles. The lowest BCUT2D eigenvalue weighted by atomic mass is 10.1. The SMILES string of the molecule is CC(C)(C)NCc1cnc(OCCc2ccccn2)cn1. The number of ether oxygens (including phenoxy) is 1. The summed E-state index contributed by atoms with van der Waals surface area (Å²) in [6.07, 6.45) is 5.95. The molecule has 0 aromatic carbocycles. The zero-order valence-corrected chi connectivity index (χ0v) is 12.8. The summed E-state index contributed by atoms with van der Waals surface area (Å²) in [5, 5.41) is 3.37. The van der Waals surface area contributed by atoms with Crippen LogP contribution in [0.2, 0.25) is 0 Å². The molecule has 2 heterocycles. The smallest absolute Gasteiger partial charge is 0.232 e. The van der Waals surface area contributed by atoms with E-state index in [9.17, 15) is 0 Å². The molecule has 21 heavy (non-hydrogen) atoms. The van der Waals surface area contributed by atoms with Crippen molar-refractivity contribution >= 4 is 0 Å². The van der Waals surface area contributed by atoms with Crippen molar-refractivity contribution in [3.63, 3.8) is 0 Å². The highest BCUT2D eigenvalue weighted by atomic mass is 16.5. The molecular formula is C16H22N4O. The number of nitrogens with zero attached hydrogens (tertiary/aromatic N) is 3. The average Bonchev–Trinajstić information content (AvgIpc) is 2.47. The van der Waals surface area contributed by atoms with Crippen molar-refractivity contribution < 1.29 is 4.74 Å². The quantitative estimate of drug-likeness (QED) is 0.883. The van der Waals surface area contributed by atoms with E-state index in [0.29, 0.717) is 19.0 Å². The molecule has 0 unspecified atom stereocenters. The summed E-state index contributed by atoms with van der Waals surface area (Å²) >= 11 is 0. The molecule has 0 fully saturated rings. The molecule has 0 spiro atoms. The van der Waals surface area contributed by atoms with Crippen LogP contribution >= 0.6 is 0 Å². The molecule has 0 radical (unpaired) electrons. The summed E-state index contributed by atoms with van der Waals surface area (Å²) in [5.74, 6) is 0.547. The Kier molecular flexibility index (Phi) is 5.22. The van der Waals surface area contributed by atoms with Gasteiger partial charge in [0, 0.05) is 30.4 Å². The molecule has 0 saturated heterocycles. The van der Waals surface area contributed by atoms with Crippen LogP contribution in [0.15, 0.2) is 36.8 Å². The van der Waals surface area contributed by atoms with Gasteiger partial charge in [-0.05, 0) is 32.9 Å². The van der Waals surface area contributed by atoms with E-state index in [0.717, 1.165) is 17.8 Å². The third kappa shape index (κ3) is 5.87. The van der Waals surface area contributed by atoms with Gasteiger partial charge in [-0.3, -0.25) is 9.97 Å². The van der Waals surface area contributed by atoms with Gasteiger partial charge in [0.25, 0.3) is 0 Å². The van der Waals surface area contributed by atoms with E-state index in [1.165, 1.54) is 0 Å². The van der Waals surface area contributed by atoms with Gasteiger partial charge in [-0.1, -0.05) is 6.07 Å². The Morgan fingerprint density at radius 1 is 1.05 bits per heavy atom. The fourth-order valence-corrected chi connectivity index (χ4v) is 1.67. The first-order valence-corrected chi connectivity index (χ1v) is 7.11. The number of aromatic nitrogens is 3. The highest BCUT2D eigenvalue weighted by Crippen LogP contribution is 2.06. The molecule has 0 bridgehead atoms. The molecule has 1 N–H and O–H groups in total. The number of hydrogen-bond acceptors (Lipinski definition) is 5. The summed E-state index contributed by atoms with van der Waals surface area (Å²) in [6, 6.07) is 5.86. The monoisotopic (exact) mass is 286 g/mol. The second-order valence-electron chi connectivity index (χ2n) is 5.87. The van der Waals surface area contributed by atoms with Gasteiger partial charge in [0.15, 0.2) is 0 Å². The lowest BCUT2D eigenvalue weighted by Gasteiger charge is -2.19. The van der Waals surface area contributed by atoms with Crippen molar-refractivity contribution in [3.05, 3.63) is 48.2 Å². The maximum atomic E-state index is 5.58. The zero-order chi connectivity index (χ0) is 15.1. The fraction of sp³-hybridized carbons (Fsp3) is 0.438. The van der Waals surface area contributed by atoms with Crippen LogP contribution in [-0.2, 0) is 13.0 Å². The molecule has 5 nitrogen and oxygen atoms in total. The third-order valence-electron chi connectivity index (χ3n) is 2.82. The van der Waals surface area contributed by atoms with E-state index in [1.807, 2.05) is 18.2 Å². The van der Waals surface area contributed by atoms with Crippen LogP contribution in [-0.4, -0.2) is 27.1 Å². The summed E-state index contributed by atoms with van der Waals surface area (Å²) in [4.78, 5) is 12.9. The minimum atomic E-state index is 0.0690. The highest BCUT2D eigenvalue weighted by Gasteiger charge is 2.09. The number of rotatable bonds is 6. The molecule has 5 heteroatoms. The molecule has 0 aliphatic rings. The molecule has 0 amide bonds. The van der Waals surface area contributed by atoms with E-state index in [-0.39, 0.29) is 5.54 Å². The van der Waals surface area contributed by atoms with Gasteiger partial charge in [-0.2, -0.15) is 0 Å². The van der Waals surface area contributed by atoms with Gasteiger partial charge in [-0.15, -0.1) is 0 Å². The van der Waals surface area contributed by atoms with Gasteiger partial charge >= 0.3 is 0 Å². The Labute approximate surface area is 125 Å². The Morgan fingerprint density at radius 2 is 1.90 bits per heavy atom. The Balaban J connectivity index is 1.77. The second kappa shape index (κ2) is 7.13. The number of nitrogens with one attached hydrogen (secondary N) is 1. The topological polar surface area (TPSA) is 59.9 Å². The van der Waals surface area contributed by atoms with E-state index < -0.39 is 0 Å². The highest BCUT2D eigenvalue weighted by molar-refractivity contribution is 5.08. The zero-order valence-electron chi connectivity index (χ0n) is 12.8. The Morgan fingerprint density at radius 3 is 2.52 bits per heavy atom. The van der Waals surface area contributed by atoms with Crippen molar-refractivity contribution in [1.82, 2.24) is 20.3 Å². The lowest BCUT2D eigenvalue weighted by Crippen LogP contribution is -2.35. The molecule has 112 valence electrons. The molecule has 0 saturated carbocycles. The largest absolute Gasteiger partial charge is 0.476 e. The van der Waals surface area contributed by atoms with Gasteiger partial charge < -0.3 is 10.1 Å². The van der Waals surface area contributed by atoms with E-state index in [2.05, 4.69) is 41.0 Å². The molecular weight excluding hydrogens is 264 g/mol. The van der Waals surface area contributed by atoms with Crippen LogP contribution < -0.4 is 10.1 Å². The van der Waals surface area contributed by atoms with Crippen LogP contribution in [0, 0.1) is 0 Å². The maximum absolute atomic E-state index is 5.58. The van der Waals surface area contributed by atoms with Crippen molar-refractivity contribution in [2.24, 2.45) is 0 Å². The first kappa shape index (κ1) is 15.4. The van der Waals surface area contributed by atoms with Crippen LogP contribution in [0.1, 0.15) is 32.2 Å². The van der Waals surface area contributed by atoms with E-state index >= 15 is 0 Å². The van der Waals surface area contributed by atoms with Crippen molar-refractivity contribution in [1.29, 1.82) is 0 Å². The molecule has 2 aromatic rings. The van der Waals surface area contributed by atoms with E-state index in [4.69, 9.17) is 4.74 Å². The number of hydrogen-bond donors (Lipinski definition) is 1. The summed E-state index contributed by atoms with van der Waals surface area (Å²) in [5.41, 5.74) is 1.98. The van der Waals surface area contributed by atoms with Crippen LogP contribution in [0.25, 0.3) is 0 Å². The van der Waals surface area contributed by atoms with Crippen LogP contribution in [0.5, 0.6) is 5.88 Å². The molecule has 0 aliphatic carbocycles. The van der Waals surface area contributed by atoms with Gasteiger partial charge in [0.2, 0.25) is 5.88 Å². The average molecular weight is 286 g/mol. The molecule has 0 atom stereocenters. The van der Waals surface area contributed by atoms with Crippen molar-refractivity contribution in [2.45, 2.75) is 39.3 Å². The van der Waals surface area contributed by atoms with Crippen molar-refractivity contribution in [2.75, 3.05) is 6.61 Å². The van der Waals surface area contributed by atoms with Gasteiger partial charge in [0.1, 0.15) is 0 Å². The third-order valence-corrected chi connectivity index (χ3v) is 2.82. The number of pyridine rings is 1. The Hall–Kier alpha value is -2.01. The fourth-order valence-electron chi connectivity index (χ4n) is 1.67. The predicted octanol–water partition coefficient (Wildman–Crippen LogP) is 2.38. The Bertz CT molecular complexity index is 534. The molecule has 2 aromatic heterocycles. The predicted molar refractivity (Wildman–Crippen MR) is 82.1 cm³/mol. The van der Waals surface area contributed by atoms with Crippen LogP contribution in [0.3, 0.4) is 0 Å². The standard InChI is InChI=1S/C16H22N4O/c1-16(2,3)20-11-14-10-19-15(12-18-14)21-9-7-13-6-4-5-8-17-13/h4-6,8,10,12,20H,7,9,11H2,1-3H3. The lowest BCUT2D eigenvalue weighted by molar-refractivity contribution is 0.306. The minimum absolute atomic E-state index is 0.0690. The summed E-state index contributed by atoms with van der Waals surface area (Å²) < 4.78 is 5.58. The van der Waals surface area contributed by atoms with E-state index in [1.54, 1.807) is 18.6 Å². The second-order valence-corrected chi connectivity index (χ2v) is 5.87. The van der Waals surface area contributed by atoms with Crippen molar-refractivity contribution in [3.8, 4) is 5.88 Å².